The normalized spacial score (nSPS) is 11.0. The number of nitro benzene ring substituents is 1. The van der Waals surface area contributed by atoms with Gasteiger partial charge in [0.1, 0.15) is 23.4 Å². The number of nitriles is 2. The number of pyridine rings is 1. The topological polar surface area (TPSA) is 183 Å². The largest absolute Gasteiger partial charge is 0.339 e. The second-order valence-electron chi connectivity index (χ2n) is 10.7. The average Bonchev–Trinajstić information content (AvgIpc) is 3.62. The Morgan fingerprint density at radius 1 is 0.830 bits per heavy atom. The molecule has 0 aliphatic heterocycles. The molecule has 6 rings (SSSR count). The van der Waals surface area contributed by atoms with Crippen LogP contribution >= 0.6 is 11.3 Å². The van der Waals surface area contributed by atoms with Crippen LogP contribution in [0.25, 0.3) is 15.3 Å². The van der Waals surface area contributed by atoms with Crippen LogP contribution in [-0.4, -0.2) is 24.7 Å². The molecule has 0 unspecified atom stereocenters. The maximum absolute atomic E-state index is 11.3. The molecule has 0 spiro atoms. The molecule has 3 aromatic heterocycles. The summed E-state index contributed by atoms with van der Waals surface area (Å²) >= 11 is 1.24. The van der Waals surface area contributed by atoms with Crippen molar-refractivity contribution >= 4 is 61.8 Å². The predicted molar refractivity (Wildman–Crippen MR) is 180 cm³/mol. The predicted octanol–water partition coefficient (Wildman–Crippen LogP) is 8.66. The first-order valence-corrected chi connectivity index (χ1v) is 15.1. The van der Waals surface area contributed by atoms with Gasteiger partial charge in [0.2, 0.25) is 5.13 Å². The molecule has 6 aromatic rings. The summed E-state index contributed by atoms with van der Waals surface area (Å²) in [4.78, 5) is 20.1. The molecule has 13 nitrogen and oxygen atoms in total. The lowest BCUT2D eigenvalue weighted by atomic mass is 10.1. The van der Waals surface area contributed by atoms with Crippen LogP contribution in [0.1, 0.15) is 33.5 Å². The number of fused-ring (bicyclic) bond motifs is 1. The number of hydrogen-bond donors (Lipinski definition) is 2. The minimum atomic E-state index is -0.486. The highest BCUT2D eigenvalue weighted by Gasteiger charge is 2.22. The van der Waals surface area contributed by atoms with Gasteiger partial charge in [-0.3, -0.25) is 10.1 Å². The van der Waals surface area contributed by atoms with E-state index in [4.69, 9.17) is 4.98 Å². The first-order chi connectivity index (χ1) is 22.6. The van der Waals surface area contributed by atoms with Gasteiger partial charge in [-0.05, 0) is 58.0 Å². The van der Waals surface area contributed by atoms with E-state index in [1.807, 2.05) is 62.4 Å². The summed E-state index contributed by atoms with van der Waals surface area (Å²) in [5.41, 5.74) is 5.63. The number of aryl methyl sites for hydroxylation is 3. The lowest BCUT2D eigenvalue weighted by Gasteiger charge is -2.16. The Morgan fingerprint density at radius 3 is 2.04 bits per heavy atom. The molecule has 0 radical (unpaired) electrons. The standard InChI is InChI=1S/C33H25N11O2S/c1-18-5-9-22(10-6-18)36-30-25(16-34)20(3)29(31(39-30)37-23-11-7-19(2)8-12-23)40-41-32-26(17-35)21(4)42-43(32)33-38-27-15-24(44(45)46)13-14-28(27)47-33/h5-15H,1-4H3,(H2,36,37,39). The van der Waals surface area contributed by atoms with Crippen molar-refractivity contribution in [2.75, 3.05) is 10.6 Å². The van der Waals surface area contributed by atoms with Gasteiger partial charge in [-0.25, -0.2) is 9.97 Å². The highest BCUT2D eigenvalue weighted by molar-refractivity contribution is 7.20. The fourth-order valence-corrected chi connectivity index (χ4v) is 5.65. The van der Waals surface area contributed by atoms with Crippen molar-refractivity contribution in [1.29, 1.82) is 10.5 Å². The van der Waals surface area contributed by atoms with E-state index in [0.717, 1.165) is 22.5 Å². The smallest absolute Gasteiger partial charge is 0.271 e. The summed E-state index contributed by atoms with van der Waals surface area (Å²) in [6, 6.07) is 24.2. The Kier molecular flexibility index (Phi) is 8.10. The minimum absolute atomic E-state index is 0.0891. The molecule has 0 amide bonds. The summed E-state index contributed by atoms with van der Waals surface area (Å²) in [6.45, 7) is 7.40. The summed E-state index contributed by atoms with van der Waals surface area (Å²) in [6.07, 6.45) is 0. The number of anilines is 4. The Balaban J connectivity index is 1.48. The zero-order valence-electron chi connectivity index (χ0n) is 25.6. The van der Waals surface area contributed by atoms with Gasteiger partial charge in [-0.2, -0.15) is 20.3 Å². The fourth-order valence-electron chi connectivity index (χ4n) is 4.76. The first kappa shape index (κ1) is 30.5. The minimum Gasteiger partial charge on any atom is -0.339 e. The Bertz CT molecular complexity index is 2290. The molecular weight excluding hydrogens is 615 g/mol. The van der Waals surface area contributed by atoms with Gasteiger partial charge >= 0.3 is 0 Å². The van der Waals surface area contributed by atoms with E-state index >= 15 is 0 Å². The average molecular weight is 640 g/mol. The lowest BCUT2D eigenvalue weighted by molar-refractivity contribution is -0.384. The van der Waals surface area contributed by atoms with Gasteiger partial charge in [0.05, 0.1) is 26.4 Å². The molecule has 0 aliphatic carbocycles. The van der Waals surface area contributed by atoms with Gasteiger partial charge in [0.15, 0.2) is 17.5 Å². The van der Waals surface area contributed by atoms with Crippen LogP contribution in [-0.2, 0) is 0 Å². The molecule has 0 atom stereocenters. The van der Waals surface area contributed by atoms with E-state index in [9.17, 15) is 20.6 Å². The number of aromatic nitrogens is 4. The molecule has 3 aromatic carbocycles. The molecular formula is C33H25N11O2S. The molecule has 0 saturated carbocycles. The van der Waals surface area contributed by atoms with Crippen LogP contribution in [0.3, 0.4) is 0 Å². The van der Waals surface area contributed by atoms with E-state index in [1.165, 1.54) is 28.2 Å². The zero-order chi connectivity index (χ0) is 33.2. The Hall–Kier alpha value is -6.51. The van der Waals surface area contributed by atoms with E-state index in [0.29, 0.717) is 38.2 Å². The van der Waals surface area contributed by atoms with Crippen LogP contribution in [0, 0.1) is 60.5 Å². The second-order valence-corrected chi connectivity index (χ2v) is 11.7. The molecule has 0 saturated heterocycles. The quantitative estimate of drug-likeness (QED) is 0.0934. The molecule has 14 heteroatoms. The zero-order valence-corrected chi connectivity index (χ0v) is 26.4. The van der Waals surface area contributed by atoms with Crippen LogP contribution in [0.4, 0.5) is 40.2 Å². The maximum atomic E-state index is 11.3. The van der Waals surface area contributed by atoms with Crippen molar-refractivity contribution in [1.82, 2.24) is 19.7 Å². The van der Waals surface area contributed by atoms with E-state index in [-0.39, 0.29) is 28.3 Å². The number of nitrogens with one attached hydrogen (secondary N) is 2. The number of benzene rings is 3. The molecule has 0 fully saturated rings. The third kappa shape index (κ3) is 6.09. The van der Waals surface area contributed by atoms with Crippen molar-refractivity contribution in [2.24, 2.45) is 10.2 Å². The van der Waals surface area contributed by atoms with E-state index in [1.54, 1.807) is 19.9 Å². The molecule has 0 aliphatic rings. The first-order valence-electron chi connectivity index (χ1n) is 14.2. The van der Waals surface area contributed by atoms with Crippen LogP contribution in [0.15, 0.2) is 77.0 Å². The third-order valence-electron chi connectivity index (χ3n) is 7.30. The summed E-state index contributed by atoms with van der Waals surface area (Å²) in [5, 5.41) is 52.0. The molecule has 3 heterocycles. The van der Waals surface area contributed by atoms with Crippen molar-refractivity contribution in [3.63, 3.8) is 0 Å². The SMILES string of the molecule is Cc1ccc(Nc2nc(Nc3ccc(C)cc3)c(N=Nc3c(C#N)c(C)nn3-c3nc4cc([N+](=O)[O-])ccc4s3)c(C)c2C#N)cc1. The van der Waals surface area contributed by atoms with Gasteiger partial charge in [0, 0.05) is 29.1 Å². The number of hydrogen-bond acceptors (Lipinski definition) is 12. The van der Waals surface area contributed by atoms with E-state index < -0.39 is 4.92 Å². The molecule has 0 bridgehead atoms. The highest BCUT2D eigenvalue weighted by Crippen LogP contribution is 2.39. The summed E-state index contributed by atoms with van der Waals surface area (Å²) in [7, 11) is 0. The summed E-state index contributed by atoms with van der Waals surface area (Å²) < 4.78 is 2.09. The lowest BCUT2D eigenvalue weighted by Crippen LogP contribution is -2.04. The fraction of sp³-hybridized carbons (Fsp3) is 0.121. The number of non-ortho nitro benzene ring substituents is 1. The number of rotatable bonds is 8. The van der Waals surface area contributed by atoms with Crippen LogP contribution < -0.4 is 10.6 Å². The molecule has 230 valence electrons. The monoisotopic (exact) mass is 639 g/mol. The second kappa shape index (κ2) is 12.5. The van der Waals surface area contributed by atoms with Crippen LogP contribution in [0.5, 0.6) is 0 Å². The molecule has 2 N–H and O–H groups in total. The number of nitrogens with zero attached hydrogens (tertiary/aromatic N) is 9. The van der Waals surface area contributed by atoms with Crippen molar-refractivity contribution in [2.45, 2.75) is 27.7 Å². The number of azo groups is 1. The highest BCUT2D eigenvalue weighted by atomic mass is 32.1. The van der Waals surface area contributed by atoms with Gasteiger partial charge < -0.3 is 10.6 Å². The van der Waals surface area contributed by atoms with Crippen LogP contribution in [0.2, 0.25) is 0 Å². The summed E-state index contributed by atoms with van der Waals surface area (Å²) in [5.74, 6) is 0.779. The van der Waals surface area contributed by atoms with Crippen molar-refractivity contribution in [3.8, 4) is 17.3 Å². The maximum Gasteiger partial charge on any atom is 0.271 e. The Labute approximate surface area is 272 Å². The number of thiazole rings is 1. The van der Waals surface area contributed by atoms with Crippen molar-refractivity contribution in [3.05, 3.63) is 110 Å². The van der Waals surface area contributed by atoms with Gasteiger partial charge in [0.25, 0.3) is 5.69 Å². The van der Waals surface area contributed by atoms with E-state index in [2.05, 4.69) is 43.1 Å². The molecule has 47 heavy (non-hydrogen) atoms. The van der Waals surface area contributed by atoms with Gasteiger partial charge in [-0.1, -0.05) is 46.7 Å². The van der Waals surface area contributed by atoms with Crippen molar-refractivity contribution < 1.29 is 4.92 Å². The Morgan fingerprint density at radius 2 is 1.45 bits per heavy atom. The number of nitro groups is 1. The third-order valence-corrected chi connectivity index (χ3v) is 8.31. The van der Waals surface area contributed by atoms with Gasteiger partial charge in [-0.15, -0.1) is 10.2 Å².